The molecule has 410 valence electrons. The summed E-state index contributed by atoms with van der Waals surface area (Å²) in [5, 5.41) is 14.6. The SMILES string of the molecule is CC.CC1Cc2ccccc2C1.CNC(C)C(N)=O.CNCC(=O)NC(C)C1CCCCC1.N/C(=C\NC1CCC1)C(NC=O)c1ccccc1.NC(=O)C1CCCN1C=O.O=C1CCCCCC2CCCN12. The second kappa shape index (κ2) is 37.3. The van der Waals surface area contributed by atoms with Crippen LogP contribution in [-0.4, -0.2) is 110 Å². The van der Waals surface area contributed by atoms with Gasteiger partial charge in [0.2, 0.25) is 36.4 Å². The number of carbonyl (C=O) groups excluding carboxylic acids is 6. The van der Waals surface area contributed by atoms with E-state index in [9.17, 15) is 28.8 Å². The number of nitrogens with zero attached hydrogens (tertiary/aromatic N) is 2. The third-order valence-corrected chi connectivity index (χ3v) is 14.4. The fourth-order valence-electron chi connectivity index (χ4n) is 9.77. The first-order valence-electron chi connectivity index (χ1n) is 27.5. The Morgan fingerprint density at radius 1 is 0.740 bits per heavy atom. The number of hydrogen-bond donors (Lipinski definition) is 8. The van der Waals surface area contributed by atoms with Crippen LogP contribution in [0.25, 0.3) is 0 Å². The number of benzene rings is 2. The topological polar surface area (TPSA) is 247 Å². The Morgan fingerprint density at radius 3 is 1.85 bits per heavy atom. The number of nitrogens with two attached hydrogens (primary N) is 3. The van der Waals surface area contributed by atoms with Gasteiger partial charge >= 0.3 is 0 Å². The largest absolute Gasteiger partial charge is 0.399 e. The molecule has 3 heterocycles. The van der Waals surface area contributed by atoms with E-state index in [4.69, 9.17) is 17.2 Å². The lowest BCUT2D eigenvalue weighted by Gasteiger charge is -2.28. The van der Waals surface area contributed by atoms with Crippen molar-refractivity contribution in [3.63, 3.8) is 0 Å². The van der Waals surface area contributed by atoms with Crippen molar-refractivity contribution in [1.82, 2.24) is 36.4 Å². The summed E-state index contributed by atoms with van der Waals surface area (Å²) in [6.45, 7) is 12.3. The molecule has 0 spiro atoms. The van der Waals surface area contributed by atoms with Crippen LogP contribution in [0.3, 0.4) is 0 Å². The molecule has 2 saturated carbocycles. The van der Waals surface area contributed by atoms with Gasteiger partial charge in [-0.3, -0.25) is 28.8 Å². The van der Waals surface area contributed by atoms with Gasteiger partial charge in [-0.2, -0.15) is 0 Å². The van der Waals surface area contributed by atoms with Crippen LogP contribution in [0.15, 0.2) is 66.5 Å². The molecule has 5 unspecified atom stereocenters. The predicted octanol–water partition coefficient (Wildman–Crippen LogP) is 6.27. The molecule has 5 fully saturated rings. The number of rotatable bonds is 14. The van der Waals surface area contributed by atoms with E-state index in [1.807, 2.05) is 50.4 Å². The number of likely N-dealkylation sites (tertiary alicyclic amines) is 1. The third-order valence-electron chi connectivity index (χ3n) is 14.4. The molecule has 0 radical (unpaired) electrons. The van der Waals surface area contributed by atoms with Gasteiger partial charge in [-0.1, -0.05) is 107 Å². The normalized spacial score (nSPS) is 20.5. The highest BCUT2D eigenvalue weighted by Crippen LogP contribution is 2.28. The molecule has 6 aliphatic rings. The number of hydrogen-bond acceptors (Lipinski definition) is 10. The maximum Gasteiger partial charge on any atom is 0.240 e. The van der Waals surface area contributed by atoms with E-state index < -0.39 is 5.91 Å². The van der Waals surface area contributed by atoms with Crippen molar-refractivity contribution < 1.29 is 28.8 Å². The maximum atomic E-state index is 11.6. The van der Waals surface area contributed by atoms with Crippen LogP contribution in [0.5, 0.6) is 0 Å². The number of likely N-dealkylation sites (N-methyl/N-ethyl adjacent to an activating group) is 2. The summed E-state index contributed by atoms with van der Waals surface area (Å²) in [5.74, 6) is 1.39. The van der Waals surface area contributed by atoms with Crippen LogP contribution < -0.4 is 43.8 Å². The molecule has 0 bridgehead atoms. The first-order chi connectivity index (χ1) is 35.2. The fraction of sp³-hybridized carbons (Fsp3) is 0.649. The van der Waals surface area contributed by atoms with Crippen molar-refractivity contribution in [2.45, 2.75) is 193 Å². The molecule has 0 aromatic heterocycles. The van der Waals surface area contributed by atoms with Crippen molar-refractivity contribution >= 4 is 36.4 Å². The minimum absolute atomic E-state index is 0.116. The van der Waals surface area contributed by atoms with Crippen LogP contribution in [0, 0.1) is 11.8 Å². The van der Waals surface area contributed by atoms with E-state index in [1.165, 1.54) is 101 Å². The van der Waals surface area contributed by atoms with Gasteiger partial charge in [0.15, 0.2) is 0 Å². The average Bonchev–Trinajstić information content (AvgIpc) is 4.16. The predicted molar refractivity (Wildman–Crippen MR) is 294 cm³/mol. The molecule has 3 aliphatic heterocycles. The van der Waals surface area contributed by atoms with Crippen molar-refractivity contribution in [2.75, 3.05) is 33.7 Å². The number of fused-ring (bicyclic) bond motifs is 2. The Kier molecular flexibility index (Phi) is 32.5. The minimum atomic E-state index is -0.399. The lowest BCUT2D eigenvalue weighted by Crippen LogP contribution is -2.42. The van der Waals surface area contributed by atoms with Crippen LogP contribution >= 0.6 is 0 Å². The van der Waals surface area contributed by atoms with Gasteiger partial charge in [-0.25, -0.2) is 0 Å². The van der Waals surface area contributed by atoms with Crippen LogP contribution in [0.1, 0.15) is 167 Å². The van der Waals surface area contributed by atoms with Gasteiger partial charge in [0.25, 0.3) is 0 Å². The van der Waals surface area contributed by atoms with E-state index in [1.54, 1.807) is 32.1 Å². The maximum absolute atomic E-state index is 11.6. The smallest absolute Gasteiger partial charge is 0.240 e. The average molecular weight is 1020 g/mol. The molecular weight excluding hydrogens is 921 g/mol. The summed E-state index contributed by atoms with van der Waals surface area (Å²) >= 11 is 0. The Balaban J connectivity index is 0.000000304. The molecule has 16 heteroatoms. The number of carbonyl (C=O) groups is 6. The van der Waals surface area contributed by atoms with E-state index in [0.29, 0.717) is 68.0 Å². The summed E-state index contributed by atoms with van der Waals surface area (Å²) < 4.78 is 0. The third kappa shape index (κ3) is 24.4. The molecular formula is C57H96N10O6. The molecule has 6 amide bonds. The molecule has 3 saturated heterocycles. The van der Waals surface area contributed by atoms with Crippen molar-refractivity contribution in [1.29, 1.82) is 0 Å². The highest BCUT2D eigenvalue weighted by molar-refractivity contribution is 5.82. The molecule has 3 aliphatic carbocycles. The van der Waals surface area contributed by atoms with E-state index in [0.717, 1.165) is 37.3 Å². The Labute approximate surface area is 438 Å². The monoisotopic (exact) mass is 1020 g/mol. The Bertz CT molecular complexity index is 1880. The van der Waals surface area contributed by atoms with Crippen LogP contribution in [-0.2, 0) is 41.6 Å². The number of amides is 6. The zero-order valence-electron chi connectivity index (χ0n) is 45.7. The fourth-order valence-corrected chi connectivity index (χ4v) is 9.77. The summed E-state index contributed by atoms with van der Waals surface area (Å²) in [4.78, 5) is 68.1. The highest BCUT2D eigenvalue weighted by Gasteiger charge is 2.29. The van der Waals surface area contributed by atoms with Gasteiger partial charge in [-0.15, -0.1) is 0 Å². The standard InChI is InChI=1S/C14H19N3O.C11H22N2O.C10H17NO.C10H12.C6H10N2O2.C4H10N2O.C2H6/c15-13(9-16-12-7-4-8-12)14(17-10-18)11-5-2-1-3-6-11;1-9(13-11(14)8-12-2)10-6-4-3-5-7-10;12-10-7-3-1-2-5-9-6-4-8-11(9)10;1-8-6-9-4-2-3-5-10(9)7-8;7-6(10)5-2-1-3-8(5)4-9;1-3(6-2)4(5)7;1-2/h1-3,5-6,9-10,12,14,16H,4,7-8,15H2,(H,17,18);9-10,12H,3-8H2,1-2H3,(H,13,14);9H,1-8H2;2-5,8H,6-7H2,1H3;4-5H,1-3H2,(H2,7,10);3,6H,1-2H3,(H2,5,7);1-2H3/b13-9-;;;;;;. The van der Waals surface area contributed by atoms with Crippen molar-refractivity contribution in [3.05, 3.63) is 83.2 Å². The number of primary amides is 2. The lowest BCUT2D eigenvalue weighted by atomic mass is 9.84. The first kappa shape index (κ1) is 63.6. The first-order valence-corrected chi connectivity index (χ1v) is 27.5. The molecule has 16 nitrogen and oxygen atoms in total. The van der Waals surface area contributed by atoms with Gasteiger partial charge in [0, 0.05) is 43.8 Å². The van der Waals surface area contributed by atoms with Gasteiger partial charge in [-0.05, 0) is 140 Å². The summed E-state index contributed by atoms with van der Waals surface area (Å²) in [7, 11) is 3.49. The molecule has 2 aromatic rings. The molecule has 8 rings (SSSR count). The number of nitrogens with one attached hydrogen (secondary N) is 5. The summed E-state index contributed by atoms with van der Waals surface area (Å²) in [6, 6.07) is 19.1. The molecule has 73 heavy (non-hydrogen) atoms. The van der Waals surface area contributed by atoms with Crippen LogP contribution in [0.2, 0.25) is 0 Å². The summed E-state index contributed by atoms with van der Waals surface area (Å²) in [6.07, 6.45) is 25.9. The Hall–Kier alpha value is -5.48. The minimum Gasteiger partial charge on any atom is -0.399 e. The van der Waals surface area contributed by atoms with Gasteiger partial charge in [0.05, 0.1) is 24.3 Å². The second-order valence-corrected chi connectivity index (χ2v) is 19.9. The van der Waals surface area contributed by atoms with E-state index >= 15 is 0 Å². The second-order valence-electron chi connectivity index (χ2n) is 19.9. The molecule has 11 N–H and O–H groups in total. The lowest BCUT2D eigenvalue weighted by molar-refractivity contribution is -0.132. The van der Waals surface area contributed by atoms with Crippen molar-refractivity contribution in [3.8, 4) is 0 Å². The van der Waals surface area contributed by atoms with Crippen molar-refractivity contribution in [2.24, 2.45) is 29.0 Å². The van der Waals surface area contributed by atoms with E-state index in [2.05, 4.69) is 69.6 Å². The van der Waals surface area contributed by atoms with Gasteiger partial charge < -0.3 is 53.6 Å². The van der Waals surface area contributed by atoms with Gasteiger partial charge in [0.1, 0.15) is 6.04 Å². The van der Waals surface area contributed by atoms with E-state index in [-0.39, 0.29) is 29.9 Å². The zero-order chi connectivity index (χ0) is 54.0. The van der Waals surface area contributed by atoms with Crippen LogP contribution in [0.4, 0.5) is 0 Å². The molecule has 2 aromatic carbocycles. The quantitative estimate of drug-likeness (QED) is 0.0986. The Morgan fingerprint density at radius 2 is 1.33 bits per heavy atom. The summed E-state index contributed by atoms with van der Waals surface area (Å²) in [5.41, 5.74) is 20.6. The molecule has 5 atom stereocenters. The highest BCUT2D eigenvalue weighted by atomic mass is 16.2. The zero-order valence-corrected chi connectivity index (χ0v) is 45.7.